The van der Waals surface area contributed by atoms with E-state index in [1.165, 1.54) is 0 Å². The van der Waals surface area contributed by atoms with E-state index in [9.17, 15) is 4.79 Å². The average molecular weight is 488 g/mol. The van der Waals surface area contributed by atoms with Crippen molar-refractivity contribution >= 4 is 44.8 Å². The number of nitrogens with zero attached hydrogens (tertiary/aromatic N) is 3. The molecule has 154 valence electrons. The van der Waals surface area contributed by atoms with E-state index < -0.39 is 6.10 Å². The first kappa shape index (κ1) is 20.6. The zero-order chi connectivity index (χ0) is 21.3. The first-order chi connectivity index (χ1) is 14.4. The molecule has 2 aromatic carbocycles. The van der Waals surface area contributed by atoms with Crippen molar-refractivity contribution in [1.82, 2.24) is 9.78 Å². The van der Waals surface area contributed by atoms with Crippen LogP contribution in [0.1, 0.15) is 28.9 Å². The number of carbonyl (C=O) groups is 1. The van der Waals surface area contributed by atoms with Crippen molar-refractivity contribution < 1.29 is 9.63 Å². The van der Waals surface area contributed by atoms with Gasteiger partial charge in [0.05, 0.1) is 29.3 Å². The number of halogens is 2. The maximum absolute atomic E-state index is 12.8. The molecule has 0 fully saturated rings. The molecule has 2 heterocycles. The van der Waals surface area contributed by atoms with Crippen LogP contribution in [0.4, 0.5) is 5.69 Å². The second-order valence-corrected chi connectivity index (χ2v) is 8.52. The van der Waals surface area contributed by atoms with Gasteiger partial charge in [-0.2, -0.15) is 5.10 Å². The molecule has 4 rings (SSSR count). The Balaban J connectivity index is 1.44. The minimum absolute atomic E-state index is 0.239. The number of hydrogen-bond donors (Lipinski definition) is 1. The Morgan fingerprint density at radius 3 is 2.83 bits per heavy atom. The number of oxime groups is 1. The van der Waals surface area contributed by atoms with Crippen LogP contribution in [-0.4, -0.2) is 27.5 Å². The van der Waals surface area contributed by atoms with Gasteiger partial charge in [-0.05, 0) is 43.7 Å². The van der Waals surface area contributed by atoms with E-state index >= 15 is 0 Å². The Bertz CT molecular complexity index is 1140. The Hall–Kier alpha value is -2.64. The average Bonchev–Trinajstić information content (AvgIpc) is 3.30. The third-order valence-corrected chi connectivity index (χ3v) is 5.70. The van der Waals surface area contributed by atoms with Gasteiger partial charge in [-0.1, -0.05) is 57.0 Å². The first-order valence-electron chi connectivity index (χ1n) is 9.48. The van der Waals surface area contributed by atoms with Gasteiger partial charge >= 0.3 is 0 Å². The summed E-state index contributed by atoms with van der Waals surface area (Å²) in [7, 11) is 0. The molecule has 0 saturated heterocycles. The number of benzene rings is 2. The minimum Gasteiger partial charge on any atom is -0.382 e. The highest BCUT2D eigenvalue weighted by molar-refractivity contribution is 9.10. The molecule has 3 aromatic rings. The van der Waals surface area contributed by atoms with Gasteiger partial charge in [-0.25, -0.2) is 0 Å². The number of hydrogen-bond acceptors (Lipinski definition) is 4. The molecule has 1 aromatic heterocycles. The van der Waals surface area contributed by atoms with Crippen molar-refractivity contribution in [3.63, 3.8) is 0 Å². The van der Waals surface area contributed by atoms with Gasteiger partial charge in [0, 0.05) is 21.5 Å². The van der Waals surface area contributed by atoms with Crippen LogP contribution in [0.15, 0.2) is 58.2 Å². The predicted molar refractivity (Wildman–Crippen MR) is 121 cm³/mol. The highest BCUT2D eigenvalue weighted by Gasteiger charge is 2.30. The Morgan fingerprint density at radius 1 is 1.27 bits per heavy atom. The standard InChI is InChI=1S/C22H20BrClN4O2/c1-13-21(14(2)28(26-13)12-15-5-3-8-18(24)9-15)25-22(29)20-11-19(27-30-20)16-6-4-7-17(23)10-16/h3-10,20H,11-12H2,1-2H3,(H,25,29). The lowest BCUT2D eigenvalue weighted by atomic mass is 10.0. The zero-order valence-corrected chi connectivity index (χ0v) is 18.9. The molecule has 0 aliphatic carbocycles. The Morgan fingerprint density at radius 2 is 2.07 bits per heavy atom. The summed E-state index contributed by atoms with van der Waals surface area (Å²) in [5, 5.41) is 12.3. The van der Waals surface area contributed by atoms with Crippen molar-refractivity contribution in [2.24, 2.45) is 5.16 Å². The van der Waals surface area contributed by atoms with E-state index in [2.05, 4.69) is 31.5 Å². The van der Waals surface area contributed by atoms with E-state index in [-0.39, 0.29) is 5.91 Å². The van der Waals surface area contributed by atoms with Gasteiger partial charge < -0.3 is 10.2 Å². The van der Waals surface area contributed by atoms with Crippen LogP contribution in [0.2, 0.25) is 5.02 Å². The number of amides is 1. The highest BCUT2D eigenvalue weighted by atomic mass is 79.9. The van der Waals surface area contributed by atoms with E-state index in [4.69, 9.17) is 16.4 Å². The summed E-state index contributed by atoms with van der Waals surface area (Å²) in [5.41, 5.74) is 5.03. The lowest BCUT2D eigenvalue weighted by molar-refractivity contribution is -0.125. The predicted octanol–water partition coefficient (Wildman–Crippen LogP) is 5.10. The van der Waals surface area contributed by atoms with Crippen LogP contribution in [0.25, 0.3) is 0 Å². The summed E-state index contributed by atoms with van der Waals surface area (Å²) in [6, 6.07) is 15.4. The van der Waals surface area contributed by atoms with Gasteiger partial charge in [-0.3, -0.25) is 9.48 Å². The third kappa shape index (κ3) is 4.42. The van der Waals surface area contributed by atoms with Crippen molar-refractivity contribution in [2.45, 2.75) is 32.9 Å². The van der Waals surface area contributed by atoms with Gasteiger partial charge in [-0.15, -0.1) is 0 Å². The number of nitrogens with one attached hydrogen (secondary N) is 1. The summed E-state index contributed by atoms with van der Waals surface area (Å²) in [6.07, 6.45) is -0.258. The molecule has 0 bridgehead atoms. The SMILES string of the molecule is Cc1nn(Cc2cccc(Cl)c2)c(C)c1NC(=O)C1CC(c2cccc(Br)c2)=NO1. The second kappa shape index (κ2) is 8.62. The van der Waals surface area contributed by atoms with Crippen molar-refractivity contribution in [3.05, 3.63) is 80.5 Å². The van der Waals surface area contributed by atoms with Crippen molar-refractivity contribution in [2.75, 3.05) is 5.32 Å². The fourth-order valence-corrected chi connectivity index (χ4v) is 4.01. The fraction of sp³-hybridized carbons (Fsp3) is 0.227. The maximum atomic E-state index is 12.8. The molecule has 1 amide bonds. The van der Waals surface area contributed by atoms with Gasteiger partial charge in [0.2, 0.25) is 6.10 Å². The molecule has 1 unspecified atom stereocenters. The molecule has 1 N–H and O–H groups in total. The molecule has 0 radical (unpaired) electrons. The molecule has 1 atom stereocenters. The first-order valence-corrected chi connectivity index (χ1v) is 10.7. The topological polar surface area (TPSA) is 68.5 Å². The number of anilines is 1. The quantitative estimate of drug-likeness (QED) is 0.545. The van der Waals surface area contributed by atoms with E-state index in [1.54, 1.807) is 0 Å². The summed E-state index contributed by atoms with van der Waals surface area (Å²) >= 11 is 9.53. The Labute approximate surface area is 188 Å². The minimum atomic E-state index is -0.672. The van der Waals surface area contributed by atoms with Crippen molar-refractivity contribution in [3.8, 4) is 0 Å². The number of rotatable bonds is 5. The molecular formula is C22H20BrClN4O2. The Kier molecular flexibility index (Phi) is 5.92. The summed E-state index contributed by atoms with van der Waals surface area (Å²) in [4.78, 5) is 18.2. The van der Waals surface area contributed by atoms with Crippen molar-refractivity contribution in [1.29, 1.82) is 0 Å². The summed E-state index contributed by atoms with van der Waals surface area (Å²) in [5.74, 6) is -0.239. The fourth-order valence-electron chi connectivity index (χ4n) is 3.40. The lowest BCUT2D eigenvalue weighted by Crippen LogP contribution is -2.28. The molecule has 1 aliphatic rings. The highest BCUT2D eigenvalue weighted by Crippen LogP contribution is 2.24. The van der Waals surface area contributed by atoms with Crippen LogP contribution >= 0.6 is 27.5 Å². The maximum Gasteiger partial charge on any atom is 0.268 e. The smallest absolute Gasteiger partial charge is 0.268 e. The molecular weight excluding hydrogens is 468 g/mol. The normalized spacial score (nSPS) is 15.6. The van der Waals surface area contributed by atoms with E-state index in [1.807, 2.05) is 67.1 Å². The van der Waals surface area contributed by atoms with E-state index in [0.717, 1.165) is 32.7 Å². The van der Waals surface area contributed by atoms with Gasteiger partial charge in [0.15, 0.2) is 0 Å². The number of aromatic nitrogens is 2. The largest absolute Gasteiger partial charge is 0.382 e. The number of carbonyl (C=O) groups excluding carboxylic acids is 1. The van der Waals surface area contributed by atoms with Gasteiger partial charge in [0.1, 0.15) is 0 Å². The molecule has 6 nitrogen and oxygen atoms in total. The third-order valence-electron chi connectivity index (χ3n) is 4.97. The molecule has 0 spiro atoms. The molecule has 1 aliphatic heterocycles. The van der Waals surface area contributed by atoms with Gasteiger partial charge in [0.25, 0.3) is 5.91 Å². The van der Waals surface area contributed by atoms with Crippen LogP contribution in [0, 0.1) is 13.8 Å². The van der Waals surface area contributed by atoms with Crippen LogP contribution < -0.4 is 5.32 Å². The van der Waals surface area contributed by atoms with Crippen LogP contribution in [0.3, 0.4) is 0 Å². The molecule has 30 heavy (non-hydrogen) atoms. The lowest BCUT2D eigenvalue weighted by Gasteiger charge is -2.10. The van der Waals surface area contributed by atoms with E-state index in [0.29, 0.717) is 23.7 Å². The monoisotopic (exact) mass is 486 g/mol. The van der Waals surface area contributed by atoms with Crippen LogP contribution in [-0.2, 0) is 16.2 Å². The second-order valence-electron chi connectivity index (χ2n) is 7.17. The molecule has 8 heteroatoms. The number of aryl methyl sites for hydroxylation is 1. The summed E-state index contributed by atoms with van der Waals surface area (Å²) in [6.45, 7) is 4.37. The summed E-state index contributed by atoms with van der Waals surface area (Å²) < 4.78 is 2.81. The zero-order valence-electron chi connectivity index (χ0n) is 16.5. The molecule has 0 saturated carbocycles. The van der Waals surface area contributed by atoms with Crippen LogP contribution in [0.5, 0.6) is 0 Å².